The smallest absolute Gasteiger partial charge is 0.406 e. The van der Waals surface area contributed by atoms with Gasteiger partial charge in [-0.2, -0.15) is 0 Å². The van der Waals surface area contributed by atoms with Gasteiger partial charge < -0.3 is 14.8 Å². The van der Waals surface area contributed by atoms with Crippen molar-refractivity contribution in [2.45, 2.75) is 19.2 Å². The van der Waals surface area contributed by atoms with E-state index in [1.165, 1.54) is 12.1 Å². The molecule has 2 rings (SSSR count). The van der Waals surface area contributed by atoms with Crippen molar-refractivity contribution in [2.24, 2.45) is 5.92 Å². The number of alkyl halides is 3. The minimum Gasteiger partial charge on any atom is -0.406 e. The highest BCUT2D eigenvalue weighted by Gasteiger charge is 2.31. The highest BCUT2D eigenvalue weighted by molar-refractivity contribution is 5.94. The van der Waals surface area contributed by atoms with Crippen molar-refractivity contribution in [1.29, 1.82) is 0 Å². The van der Waals surface area contributed by atoms with Crippen molar-refractivity contribution in [2.75, 3.05) is 19.8 Å². The molecule has 116 valence electrons. The molecule has 0 aromatic heterocycles. The van der Waals surface area contributed by atoms with E-state index in [0.29, 0.717) is 25.7 Å². The molecular weight excluding hydrogens is 287 g/mol. The van der Waals surface area contributed by atoms with E-state index in [4.69, 9.17) is 4.74 Å². The van der Waals surface area contributed by atoms with Crippen LogP contribution in [0.3, 0.4) is 0 Å². The Morgan fingerprint density at radius 3 is 2.71 bits per heavy atom. The highest BCUT2D eigenvalue weighted by Crippen LogP contribution is 2.23. The van der Waals surface area contributed by atoms with Crippen LogP contribution in [0.4, 0.5) is 13.2 Å². The normalized spacial score (nSPS) is 16.5. The minimum atomic E-state index is -4.77. The number of hydrogen-bond donors (Lipinski definition) is 1. The number of amides is 1. The first-order chi connectivity index (χ1) is 9.94. The van der Waals surface area contributed by atoms with Gasteiger partial charge in [-0.05, 0) is 37.0 Å². The number of carbonyl (C=O) groups excluding carboxylic acids is 1. The second-order valence-electron chi connectivity index (χ2n) is 4.84. The number of rotatable bonds is 4. The molecule has 21 heavy (non-hydrogen) atoms. The van der Waals surface area contributed by atoms with Crippen molar-refractivity contribution < 1.29 is 27.4 Å². The number of hydrogen-bond acceptors (Lipinski definition) is 3. The average Bonchev–Trinajstić information content (AvgIpc) is 2.44. The molecule has 0 aliphatic carbocycles. The van der Waals surface area contributed by atoms with Crippen LogP contribution >= 0.6 is 0 Å². The van der Waals surface area contributed by atoms with Gasteiger partial charge in [0.05, 0.1) is 0 Å². The van der Waals surface area contributed by atoms with Crippen LogP contribution in [0.5, 0.6) is 5.75 Å². The quantitative estimate of drug-likeness (QED) is 0.930. The second kappa shape index (κ2) is 6.80. The molecule has 0 radical (unpaired) electrons. The van der Waals surface area contributed by atoms with E-state index in [1.807, 2.05) is 0 Å². The lowest BCUT2D eigenvalue weighted by Crippen LogP contribution is -2.32. The predicted octanol–water partition coefficient (Wildman–Crippen LogP) is 2.74. The average molecular weight is 303 g/mol. The summed E-state index contributed by atoms with van der Waals surface area (Å²) in [6, 6.07) is 5.03. The summed E-state index contributed by atoms with van der Waals surface area (Å²) in [6.45, 7) is 1.84. The van der Waals surface area contributed by atoms with Crippen LogP contribution in [0.2, 0.25) is 0 Å². The molecule has 7 heteroatoms. The number of nitrogens with one attached hydrogen (secondary N) is 1. The van der Waals surface area contributed by atoms with Crippen LogP contribution in [-0.2, 0) is 4.74 Å². The van der Waals surface area contributed by atoms with Gasteiger partial charge in [0, 0.05) is 25.3 Å². The molecule has 0 spiro atoms. The minimum absolute atomic E-state index is 0.142. The van der Waals surface area contributed by atoms with Crippen LogP contribution in [0, 0.1) is 5.92 Å². The molecule has 0 saturated carbocycles. The van der Waals surface area contributed by atoms with Gasteiger partial charge in [0.2, 0.25) is 0 Å². The Bertz CT molecular complexity index is 485. The van der Waals surface area contributed by atoms with Gasteiger partial charge in [0.25, 0.3) is 5.91 Å². The van der Waals surface area contributed by atoms with E-state index in [9.17, 15) is 18.0 Å². The molecule has 0 unspecified atom stereocenters. The molecule has 0 atom stereocenters. The topological polar surface area (TPSA) is 47.6 Å². The SMILES string of the molecule is O=C(NCC1CCOCC1)c1cccc(OC(F)(F)F)c1. The molecular formula is C14H16F3NO3. The van der Waals surface area contributed by atoms with Crippen LogP contribution in [0.1, 0.15) is 23.2 Å². The van der Waals surface area contributed by atoms with Crippen LogP contribution in [0.15, 0.2) is 24.3 Å². The molecule has 1 aromatic rings. The zero-order valence-corrected chi connectivity index (χ0v) is 11.3. The van der Waals surface area contributed by atoms with Gasteiger partial charge in [0.15, 0.2) is 0 Å². The molecule has 0 bridgehead atoms. The molecule has 1 N–H and O–H groups in total. The third-order valence-electron chi connectivity index (χ3n) is 3.22. The summed E-state index contributed by atoms with van der Waals surface area (Å²) in [5.41, 5.74) is 0.142. The summed E-state index contributed by atoms with van der Waals surface area (Å²) in [5.74, 6) is -0.465. The first-order valence-electron chi connectivity index (χ1n) is 6.66. The van der Waals surface area contributed by atoms with Crippen LogP contribution in [-0.4, -0.2) is 32.0 Å². The fraction of sp³-hybridized carbons (Fsp3) is 0.500. The van der Waals surface area contributed by atoms with Crippen LogP contribution in [0.25, 0.3) is 0 Å². The third kappa shape index (κ3) is 5.26. The molecule has 1 aromatic carbocycles. The molecule has 1 amide bonds. The van der Waals surface area contributed by atoms with E-state index in [1.54, 1.807) is 0 Å². The van der Waals surface area contributed by atoms with Crippen molar-refractivity contribution in [3.8, 4) is 5.75 Å². The Morgan fingerprint density at radius 1 is 1.33 bits per heavy atom. The molecule has 1 fully saturated rings. The Kier molecular flexibility index (Phi) is 5.06. The standard InChI is InChI=1S/C14H16F3NO3/c15-14(16,17)21-12-3-1-2-11(8-12)13(19)18-9-10-4-6-20-7-5-10/h1-3,8,10H,4-7,9H2,(H,18,19). The first kappa shape index (κ1) is 15.6. The zero-order valence-electron chi connectivity index (χ0n) is 11.3. The monoisotopic (exact) mass is 303 g/mol. The van der Waals surface area contributed by atoms with Crippen LogP contribution < -0.4 is 10.1 Å². The molecule has 1 saturated heterocycles. The first-order valence-corrected chi connectivity index (χ1v) is 6.66. The van der Waals surface area contributed by atoms with E-state index >= 15 is 0 Å². The summed E-state index contributed by atoms with van der Waals surface area (Å²) in [7, 11) is 0. The maximum absolute atomic E-state index is 12.1. The van der Waals surface area contributed by atoms with Gasteiger partial charge in [-0.25, -0.2) is 0 Å². The second-order valence-corrected chi connectivity index (χ2v) is 4.84. The van der Waals surface area contributed by atoms with E-state index in [0.717, 1.165) is 25.0 Å². The summed E-state index contributed by atoms with van der Waals surface area (Å²) < 4.78 is 45.4. The summed E-state index contributed by atoms with van der Waals surface area (Å²) in [4.78, 5) is 11.9. The van der Waals surface area contributed by atoms with Gasteiger partial charge in [-0.15, -0.1) is 13.2 Å². The fourth-order valence-corrected chi connectivity index (χ4v) is 2.12. The number of ether oxygens (including phenoxy) is 2. The number of benzene rings is 1. The van der Waals surface area contributed by atoms with Crippen molar-refractivity contribution in [3.63, 3.8) is 0 Å². The molecule has 1 heterocycles. The fourth-order valence-electron chi connectivity index (χ4n) is 2.12. The Balaban J connectivity index is 1.91. The Morgan fingerprint density at radius 2 is 2.05 bits per heavy atom. The lowest BCUT2D eigenvalue weighted by atomic mass is 10.0. The van der Waals surface area contributed by atoms with Gasteiger partial charge >= 0.3 is 6.36 Å². The predicted molar refractivity (Wildman–Crippen MR) is 69.0 cm³/mol. The van der Waals surface area contributed by atoms with E-state index in [2.05, 4.69) is 10.1 Å². The largest absolute Gasteiger partial charge is 0.573 e. The van der Waals surface area contributed by atoms with Crippen molar-refractivity contribution >= 4 is 5.91 Å². The van der Waals surface area contributed by atoms with Gasteiger partial charge in [-0.1, -0.05) is 6.07 Å². The maximum Gasteiger partial charge on any atom is 0.573 e. The van der Waals surface area contributed by atoms with E-state index in [-0.39, 0.29) is 5.56 Å². The zero-order chi connectivity index (χ0) is 15.3. The lowest BCUT2D eigenvalue weighted by Gasteiger charge is -2.22. The maximum atomic E-state index is 12.1. The third-order valence-corrected chi connectivity index (χ3v) is 3.22. The van der Waals surface area contributed by atoms with E-state index < -0.39 is 18.0 Å². The van der Waals surface area contributed by atoms with Crippen molar-refractivity contribution in [1.82, 2.24) is 5.32 Å². The molecule has 1 aliphatic heterocycles. The lowest BCUT2D eigenvalue weighted by molar-refractivity contribution is -0.274. The highest BCUT2D eigenvalue weighted by atomic mass is 19.4. The van der Waals surface area contributed by atoms with Gasteiger partial charge in [-0.3, -0.25) is 4.79 Å². The van der Waals surface area contributed by atoms with Crippen molar-refractivity contribution in [3.05, 3.63) is 29.8 Å². The van der Waals surface area contributed by atoms with Gasteiger partial charge in [0.1, 0.15) is 5.75 Å². The number of carbonyl (C=O) groups is 1. The summed E-state index contributed by atoms with van der Waals surface area (Å²) in [5, 5.41) is 2.73. The Labute approximate surface area is 120 Å². The summed E-state index contributed by atoms with van der Waals surface area (Å²) in [6.07, 6.45) is -3.02. The molecule has 4 nitrogen and oxygen atoms in total. The summed E-state index contributed by atoms with van der Waals surface area (Å²) >= 11 is 0. The molecule has 1 aliphatic rings. The Hall–Kier alpha value is -1.76. The number of halogens is 3.